The molecule has 0 bridgehead atoms. The van der Waals surface area contributed by atoms with Crippen molar-refractivity contribution in [3.8, 4) is 0 Å². The van der Waals surface area contributed by atoms with E-state index in [0.29, 0.717) is 0 Å². The molecule has 0 spiro atoms. The summed E-state index contributed by atoms with van der Waals surface area (Å²) in [6.07, 6.45) is 0.790. The number of rotatable bonds is 2. The van der Waals surface area contributed by atoms with Gasteiger partial charge in [-0.2, -0.15) is 0 Å². The summed E-state index contributed by atoms with van der Waals surface area (Å²) in [4.78, 5) is 0. The normalized spacial score (nSPS) is 8.95. The second-order valence-corrected chi connectivity index (χ2v) is 3.33. The minimum absolute atomic E-state index is 0.109. The van der Waals surface area contributed by atoms with Crippen LogP contribution in [0.3, 0.4) is 0 Å². The first-order valence-electron chi connectivity index (χ1n) is 5.55. The molecule has 0 amide bonds. The number of hydrogen-bond acceptors (Lipinski definition) is 1. The zero-order chi connectivity index (χ0) is 15.1. The van der Waals surface area contributed by atoms with Crippen LogP contribution in [0.1, 0.15) is 6.92 Å². The van der Waals surface area contributed by atoms with Crippen molar-refractivity contribution in [2.24, 2.45) is 0 Å². The van der Waals surface area contributed by atoms with Crippen LogP contribution in [0.4, 0.5) is 0 Å². The maximum absolute atomic E-state index is 9.36. The third kappa shape index (κ3) is 11.3. The number of aliphatic hydroxyl groups is 1. The topological polar surface area (TPSA) is 47.9 Å². The molecule has 0 saturated heterocycles. The Balaban J connectivity index is 5.38. The molecule has 0 aliphatic carbocycles. The number of hydrogen-bond donors (Lipinski definition) is 2. The molecule has 0 rings (SSSR count). The van der Waals surface area contributed by atoms with Crippen molar-refractivity contribution < 1.29 is 10.8 Å². The highest BCUT2D eigenvalue weighted by Crippen LogP contribution is 1.86. The molecule has 0 aliphatic heterocycles. The van der Waals surface area contributed by atoms with Crippen LogP contribution in [-0.4, -0.2) is 17.3 Å². The lowest BCUT2D eigenvalue weighted by Crippen LogP contribution is -2.64. The van der Waals surface area contributed by atoms with Crippen LogP contribution in [0.5, 0.6) is 0 Å². The Morgan fingerprint density at radius 1 is 0.850 bits per heavy atom. The predicted octanol–water partition coefficient (Wildman–Crippen LogP) is 1.18. The molecule has 0 aromatic heterocycles. The Morgan fingerprint density at radius 3 is 1.65 bits per heavy atom. The zero-order valence-corrected chi connectivity index (χ0v) is 11.1. The summed E-state index contributed by atoms with van der Waals surface area (Å²) in [5, 5.41) is 9.36. The first-order valence-corrected chi connectivity index (χ1v) is 5.55. The minimum Gasteiger partial charge on any atom is -0.382 e. The van der Waals surface area contributed by atoms with Gasteiger partial charge in [-0.3, -0.25) is 0 Å². The first-order chi connectivity index (χ1) is 9.68. The van der Waals surface area contributed by atoms with Gasteiger partial charge in [0.1, 0.15) is 12.1 Å². The van der Waals surface area contributed by atoms with E-state index in [9.17, 15) is 5.11 Å². The average molecular weight is 258 g/mol. The summed E-state index contributed by atoms with van der Waals surface area (Å²) in [5.41, 5.74) is 36.0. The van der Waals surface area contributed by atoms with E-state index in [2.05, 4.69) is 86.8 Å². The predicted molar refractivity (Wildman–Crippen MR) is 74.2 cm³/mol. The molecule has 0 heterocycles. The van der Waals surface area contributed by atoms with E-state index in [-0.39, 0.29) is 6.04 Å². The van der Waals surface area contributed by atoms with E-state index in [1.54, 1.807) is 6.92 Å². The largest absolute Gasteiger partial charge is 0.382 e. The Hall–Kier alpha value is -3.20. The third-order valence-corrected chi connectivity index (χ3v) is 1.62. The average Bonchev–Trinajstić information content (AvgIpc) is 2.43. The molecule has 0 fully saturated rings. The summed E-state index contributed by atoms with van der Waals surface area (Å²) >= 11 is 0. The van der Waals surface area contributed by atoms with E-state index in [4.69, 9.17) is 0 Å². The van der Waals surface area contributed by atoms with Gasteiger partial charge in [-0.1, -0.05) is 11.5 Å². The molecule has 0 aromatic carbocycles. The minimum atomic E-state index is -0.651. The summed E-state index contributed by atoms with van der Waals surface area (Å²) in [6, 6.07) is -0.109. The number of quaternary nitrogens is 1. The van der Waals surface area contributed by atoms with Crippen LogP contribution in [0.25, 0.3) is 0 Å². The van der Waals surface area contributed by atoms with Crippen molar-refractivity contribution in [1.82, 2.24) is 0 Å². The van der Waals surface area contributed by atoms with E-state index >= 15 is 0 Å². The maximum atomic E-state index is 9.36. The monoisotopic (exact) mass is 258 g/mol. The van der Waals surface area contributed by atoms with Crippen LogP contribution in [0.15, 0.2) is 87.2 Å². The Kier molecular flexibility index (Phi) is 10.3. The zero-order valence-electron chi connectivity index (χ0n) is 11.1. The molecule has 20 heavy (non-hydrogen) atoms. The van der Waals surface area contributed by atoms with Crippen molar-refractivity contribution in [2.45, 2.75) is 19.1 Å². The highest BCUT2D eigenvalue weighted by atomic mass is 16.3. The third-order valence-electron chi connectivity index (χ3n) is 1.62. The second kappa shape index (κ2) is 12.3. The van der Waals surface area contributed by atoms with Gasteiger partial charge in [0.05, 0.1) is 0 Å². The van der Waals surface area contributed by atoms with Gasteiger partial charge in [0, 0.05) is 6.08 Å². The van der Waals surface area contributed by atoms with Gasteiger partial charge in [-0.05, 0) is 76.5 Å². The van der Waals surface area contributed by atoms with Crippen LogP contribution < -0.4 is 5.73 Å². The van der Waals surface area contributed by atoms with Crippen molar-refractivity contribution in [3.05, 3.63) is 87.2 Å². The van der Waals surface area contributed by atoms with Gasteiger partial charge in [-0.15, -0.1) is 0 Å². The molecule has 0 saturated carbocycles. The lowest BCUT2D eigenvalue weighted by atomic mass is 10.2. The van der Waals surface area contributed by atoms with Crippen molar-refractivity contribution >= 4 is 0 Å². The van der Waals surface area contributed by atoms with Gasteiger partial charge in [0.25, 0.3) is 0 Å². The summed E-state index contributed by atoms with van der Waals surface area (Å²) < 4.78 is 0. The van der Waals surface area contributed by atoms with Crippen molar-refractivity contribution in [3.63, 3.8) is 0 Å². The molecular weight excluding hydrogens is 246 g/mol. The molecule has 2 nitrogen and oxygen atoms in total. The van der Waals surface area contributed by atoms with Crippen LogP contribution in [-0.2, 0) is 0 Å². The SMILES string of the molecule is C=C=C=C=C=C=C=C=C=C=C=C=C=C=C[C@H](O)[C@H](C)[NH3+]. The standard InChI is InChI=1S/C18H11NO/c1-3-4-5-6-7-8-9-10-11-12-13-14-15-16-18(20)17(2)19/h16-18,20H,1,19H2,2H3/p+1/t17-,18-/m0/s1. The highest BCUT2D eigenvalue weighted by Gasteiger charge is 2.06. The molecule has 0 aromatic rings. The summed E-state index contributed by atoms with van der Waals surface area (Å²) in [7, 11) is 0. The molecule has 2 heteroatoms. The summed E-state index contributed by atoms with van der Waals surface area (Å²) in [5.74, 6) is 0. The second-order valence-electron chi connectivity index (χ2n) is 3.33. The molecular formula is C18H12NO+. The first kappa shape index (κ1) is 16.8. The fourth-order valence-electron chi connectivity index (χ4n) is 0.653. The Morgan fingerprint density at radius 2 is 1.25 bits per heavy atom. The molecule has 0 aliphatic rings. The molecule has 0 radical (unpaired) electrons. The Labute approximate surface area is 117 Å². The van der Waals surface area contributed by atoms with Gasteiger partial charge in [0.2, 0.25) is 0 Å². The fourth-order valence-corrected chi connectivity index (χ4v) is 0.653. The van der Waals surface area contributed by atoms with Crippen molar-refractivity contribution in [2.75, 3.05) is 0 Å². The Bertz CT molecular complexity index is 822. The van der Waals surface area contributed by atoms with E-state index in [0.717, 1.165) is 0 Å². The van der Waals surface area contributed by atoms with Crippen LogP contribution >= 0.6 is 0 Å². The molecule has 2 atom stereocenters. The van der Waals surface area contributed by atoms with E-state index < -0.39 is 6.10 Å². The maximum Gasteiger partial charge on any atom is 0.131 e. The smallest absolute Gasteiger partial charge is 0.131 e. The van der Waals surface area contributed by atoms with E-state index in [1.807, 2.05) is 0 Å². The van der Waals surface area contributed by atoms with Crippen LogP contribution in [0, 0.1) is 0 Å². The summed E-state index contributed by atoms with van der Waals surface area (Å²) in [6.45, 7) is 5.09. The van der Waals surface area contributed by atoms with Gasteiger partial charge in [-0.25, -0.2) is 0 Å². The lowest BCUT2D eigenvalue weighted by Gasteiger charge is -2.02. The lowest BCUT2D eigenvalue weighted by molar-refractivity contribution is -0.427. The van der Waals surface area contributed by atoms with Gasteiger partial charge < -0.3 is 10.8 Å². The van der Waals surface area contributed by atoms with Gasteiger partial charge in [0.15, 0.2) is 0 Å². The van der Waals surface area contributed by atoms with E-state index in [1.165, 1.54) is 6.08 Å². The quantitative estimate of drug-likeness (QED) is 0.718. The molecule has 94 valence electrons. The highest BCUT2D eigenvalue weighted by molar-refractivity contribution is 4.94. The number of aliphatic hydroxyl groups excluding tert-OH is 1. The fraction of sp³-hybridized carbons (Fsp3) is 0.167. The van der Waals surface area contributed by atoms with Crippen LogP contribution in [0.2, 0.25) is 0 Å². The van der Waals surface area contributed by atoms with Gasteiger partial charge >= 0.3 is 0 Å². The van der Waals surface area contributed by atoms with Crippen molar-refractivity contribution in [1.29, 1.82) is 0 Å². The molecule has 4 N–H and O–H groups in total. The molecule has 0 unspecified atom stereocenters.